The molecule has 1 aromatic heterocycles. The first-order chi connectivity index (χ1) is 14.4. The number of hydrogen-bond acceptors (Lipinski definition) is 4. The second-order valence-electron chi connectivity index (χ2n) is 6.58. The van der Waals surface area contributed by atoms with Crippen LogP contribution in [0.2, 0.25) is 10.0 Å². The van der Waals surface area contributed by atoms with E-state index in [1.165, 1.54) is 4.90 Å². The molecule has 0 saturated carbocycles. The number of nitrogens with one attached hydrogen (secondary N) is 1. The van der Waals surface area contributed by atoms with Gasteiger partial charge >= 0.3 is 0 Å². The van der Waals surface area contributed by atoms with Gasteiger partial charge in [-0.25, -0.2) is 0 Å². The lowest BCUT2D eigenvalue weighted by molar-refractivity contribution is -0.113. The Morgan fingerprint density at radius 3 is 2.77 bits per heavy atom. The van der Waals surface area contributed by atoms with E-state index in [0.29, 0.717) is 38.1 Å². The van der Waals surface area contributed by atoms with Gasteiger partial charge in [-0.1, -0.05) is 41.4 Å². The van der Waals surface area contributed by atoms with Gasteiger partial charge in [0.15, 0.2) is 5.11 Å². The summed E-state index contributed by atoms with van der Waals surface area (Å²) in [6, 6.07) is 16.1. The molecule has 1 aliphatic heterocycles. The quantitative estimate of drug-likeness (QED) is 0.390. The number of para-hydroxylation sites is 1. The largest absolute Gasteiger partial charge is 0.484 e. The number of furan rings is 1. The Bertz CT molecular complexity index is 1170. The molecule has 1 fully saturated rings. The molecular weight excluding hydrogens is 443 g/mol. The molecule has 2 heterocycles. The van der Waals surface area contributed by atoms with E-state index in [9.17, 15) is 4.79 Å². The van der Waals surface area contributed by atoms with Crippen molar-refractivity contribution in [1.29, 1.82) is 0 Å². The van der Waals surface area contributed by atoms with Crippen molar-refractivity contribution in [2.75, 3.05) is 4.90 Å². The molecule has 1 saturated heterocycles. The average molecular weight is 459 g/mol. The molecule has 0 bridgehead atoms. The zero-order valence-corrected chi connectivity index (χ0v) is 18.1. The highest BCUT2D eigenvalue weighted by Gasteiger charge is 2.32. The molecule has 1 N–H and O–H groups in total. The Hall–Kier alpha value is -2.80. The Balaban J connectivity index is 1.49. The maximum Gasteiger partial charge on any atom is 0.281 e. The van der Waals surface area contributed by atoms with Crippen LogP contribution in [0.5, 0.6) is 5.75 Å². The lowest BCUT2D eigenvalue weighted by Crippen LogP contribution is -2.30. The number of benzene rings is 2. The molecule has 0 atom stereocenters. The Kier molecular flexibility index (Phi) is 5.81. The number of carbonyl (C=O) groups excluding carboxylic acids is 1. The number of halogens is 2. The number of amides is 1. The lowest BCUT2D eigenvalue weighted by Gasteiger charge is -2.16. The normalized spacial score (nSPS) is 15.0. The van der Waals surface area contributed by atoms with E-state index in [-0.39, 0.29) is 12.5 Å². The van der Waals surface area contributed by atoms with E-state index in [0.717, 1.165) is 11.3 Å². The van der Waals surface area contributed by atoms with Crippen molar-refractivity contribution in [3.63, 3.8) is 0 Å². The van der Waals surface area contributed by atoms with Crippen molar-refractivity contribution in [3.05, 3.63) is 87.4 Å². The zero-order valence-electron chi connectivity index (χ0n) is 15.8. The number of thiocarbonyl (C=S) groups is 1. The van der Waals surface area contributed by atoms with Crippen LogP contribution in [0.4, 0.5) is 5.69 Å². The maximum atomic E-state index is 12.9. The highest BCUT2D eigenvalue weighted by molar-refractivity contribution is 7.80. The van der Waals surface area contributed by atoms with Gasteiger partial charge in [0.1, 0.15) is 29.6 Å². The first kappa shape index (κ1) is 20.5. The molecule has 30 heavy (non-hydrogen) atoms. The van der Waals surface area contributed by atoms with E-state index in [4.69, 9.17) is 44.6 Å². The highest BCUT2D eigenvalue weighted by atomic mass is 35.5. The SMILES string of the molecule is Cc1ccccc1N1C(=O)/C(=C\c2ccc(COc3cc(Cl)ccc3Cl)o2)NC1=S. The number of rotatable bonds is 5. The predicted molar refractivity (Wildman–Crippen MR) is 122 cm³/mol. The Morgan fingerprint density at radius 2 is 1.97 bits per heavy atom. The van der Waals surface area contributed by atoms with Crippen LogP contribution in [-0.4, -0.2) is 11.0 Å². The van der Waals surface area contributed by atoms with Crippen LogP contribution >= 0.6 is 35.4 Å². The van der Waals surface area contributed by atoms with Gasteiger partial charge in [0.05, 0.1) is 10.7 Å². The van der Waals surface area contributed by atoms with Crippen LogP contribution in [0.1, 0.15) is 17.1 Å². The van der Waals surface area contributed by atoms with Crippen molar-refractivity contribution >= 4 is 58.2 Å². The van der Waals surface area contributed by atoms with Gasteiger partial charge in [-0.2, -0.15) is 0 Å². The van der Waals surface area contributed by atoms with Gasteiger partial charge in [0, 0.05) is 17.2 Å². The summed E-state index contributed by atoms with van der Waals surface area (Å²) in [5.74, 6) is 1.29. The molecule has 152 valence electrons. The number of carbonyl (C=O) groups is 1. The molecule has 4 rings (SSSR count). The van der Waals surface area contributed by atoms with Crippen LogP contribution in [0, 0.1) is 6.92 Å². The van der Waals surface area contributed by atoms with E-state index in [1.54, 1.807) is 36.4 Å². The average Bonchev–Trinajstić information content (AvgIpc) is 3.27. The number of aryl methyl sites for hydroxylation is 1. The maximum absolute atomic E-state index is 12.9. The predicted octanol–water partition coefficient (Wildman–Crippen LogP) is 5.74. The summed E-state index contributed by atoms with van der Waals surface area (Å²) in [5.41, 5.74) is 2.03. The van der Waals surface area contributed by atoms with Crippen LogP contribution in [0.3, 0.4) is 0 Å². The minimum atomic E-state index is -0.241. The Morgan fingerprint density at radius 1 is 1.17 bits per heavy atom. The van der Waals surface area contributed by atoms with Crippen molar-refractivity contribution in [3.8, 4) is 5.75 Å². The summed E-state index contributed by atoms with van der Waals surface area (Å²) in [6.45, 7) is 2.09. The van der Waals surface area contributed by atoms with E-state index < -0.39 is 0 Å². The highest BCUT2D eigenvalue weighted by Crippen LogP contribution is 2.29. The number of hydrogen-bond donors (Lipinski definition) is 1. The first-order valence-electron chi connectivity index (χ1n) is 9.02. The van der Waals surface area contributed by atoms with Crippen LogP contribution in [0.15, 0.2) is 64.7 Å². The monoisotopic (exact) mass is 458 g/mol. The minimum Gasteiger partial charge on any atom is -0.484 e. The molecule has 0 aliphatic carbocycles. The summed E-state index contributed by atoms with van der Waals surface area (Å²) in [4.78, 5) is 14.4. The van der Waals surface area contributed by atoms with Crippen molar-refractivity contribution in [1.82, 2.24) is 5.32 Å². The minimum absolute atomic E-state index is 0.165. The molecule has 0 radical (unpaired) electrons. The number of nitrogens with zero attached hydrogens (tertiary/aromatic N) is 1. The number of anilines is 1. The van der Waals surface area contributed by atoms with E-state index in [1.807, 2.05) is 31.2 Å². The zero-order chi connectivity index (χ0) is 21.3. The van der Waals surface area contributed by atoms with Crippen molar-refractivity contribution in [2.24, 2.45) is 0 Å². The van der Waals surface area contributed by atoms with Gasteiger partial charge in [-0.15, -0.1) is 0 Å². The molecular formula is C22H16Cl2N2O3S. The molecule has 0 unspecified atom stereocenters. The summed E-state index contributed by atoms with van der Waals surface area (Å²) in [6.07, 6.45) is 1.61. The van der Waals surface area contributed by atoms with Crippen molar-refractivity contribution in [2.45, 2.75) is 13.5 Å². The topological polar surface area (TPSA) is 54.7 Å². The summed E-state index contributed by atoms with van der Waals surface area (Å²) in [5, 5.41) is 4.26. The lowest BCUT2D eigenvalue weighted by atomic mass is 10.2. The van der Waals surface area contributed by atoms with Gasteiger partial charge in [0.2, 0.25) is 0 Å². The van der Waals surface area contributed by atoms with Crippen LogP contribution < -0.4 is 15.0 Å². The fourth-order valence-electron chi connectivity index (χ4n) is 3.00. The molecule has 3 aromatic rings. The molecule has 1 aliphatic rings. The number of ether oxygens (including phenoxy) is 1. The van der Waals surface area contributed by atoms with Gasteiger partial charge in [0.25, 0.3) is 5.91 Å². The second kappa shape index (κ2) is 8.52. The van der Waals surface area contributed by atoms with E-state index >= 15 is 0 Å². The van der Waals surface area contributed by atoms with Crippen LogP contribution in [-0.2, 0) is 11.4 Å². The second-order valence-corrected chi connectivity index (χ2v) is 7.81. The Labute approximate surface area is 188 Å². The van der Waals surface area contributed by atoms with Crippen molar-refractivity contribution < 1.29 is 13.9 Å². The smallest absolute Gasteiger partial charge is 0.281 e. The van der Waals surface area contributed by atoms with Gasteiger partial charge in [-0.3, -0.25) is 9.69 Å². The molecule has 8 heteroatoms. The molecule has 5 nitrogen and oxygen atoms in total. The third-order valence-corrected chi connectivity index (χ3v) is 5.30. The van der Waals surface area contributed by atoms with E-state index in [2.05, 4.69) is 5.32 Å². The standard InChI is InChI=1S/C22H16Cl2N2O3S/c1-13-4-2-3-5-19(13)26-21(27)18(25-22(26)30)11-15-7-8-16(29-15)12-28-20-10-14(23)6-9-17(20)24/h2-11H,12H2,1H3,(H,25,30)/b18-11+. The fourth-order valence-corrected chi connectivity index (χ4v) is 3.62. The molecule has 2 aromatic carbocycles. The van der Waals surface area contributed by atoms with Gasteiger partial charge < -0.3 is 14.5 Å². The first-order valence-corrected chi connectivity index (χ1v) is 10.2. The van der Waals surface area contributed by atoms with Crippen LogP contribution in [0.25, 0.3) is 6.08 Å². The third kappa shape index (κ3) is 4.21. The molecule has 0 spiro atoms. The third-order valence-electron chi connectivity index (χ3n) is 4.47. The fraction of sp³-hybridized carbons (Fsp3) is 0.0909. The molecule has 1 amide bonds. The summed E-state index contributed by atoms with van der Waals surface area (Å²) < 4.78 is 11.4. The summed E-state index contributed by atoms with van der Waals surface area (Å²) in [7, 11) is 0. The van der Waals surface area contributed by atoms with Gasteiger partial charge in [-0.05, 0) is 55.0 Å². The summed E-state index contributed by atoms with van der Waals surface area (Å²) >= 11 is 17.4.